The molecule has 0 fully saturated rings. The van der Waals surface area contributed by atoms with Gasteiger partial charge >= 0.3 is 0 Å². The maximum atomic E-state index is 12.1. The summed E-state index contributed by atoms with van der Waals surface area (Å²) in [4.78, 5) is 4.17. The van der Waals surface area contributed by atoms with Crippen molar-refractivity contribution in [3.63, 3.8) is 0 Å². The summed E-state index contributed by atoms with van der Waals surface area (Å²) in [6, 6.07) is 5.49. The summed E-state index contributed by atoms with van der Waals surface area (Å²) in [7, 11) is -3.18. The van der Waals surface area contributed by atoms with Crippen LogP contribution < -0.4 is 0 Å². The Labute approximate surface area is 104 Å². The van der Waals surface area contributed by atoms with Gasteiger partial charge in [-0.15, -0.1) is 0 Å². The Kier molecular flexibility index (Phi) is 5.08. The van der Waals surface area contributed by atoms with E-state index >= 15 is 0 Å². The van der Waals surface area contributed by atoms with Crippen molar-refractivity contribution in [1.29, 1.82) is 0 Å². The Hall–Kier alpha value is -0.940. The van der Waals surface area contributed by atoms with E-state index in [-0.39, 0.29) is 11.8 Å². The van der Waals surface area contributed by atoms with Crippen LogP contribution in [-0.2, 0) is 16.6 Å². The van der Waals surface area contributed by atoms with Crippen LogP contribution in [0, 0.1) is 0 Å². The molecule has 96 valence electrons. The molecule has 0 aliphatic carbocycles. The summed E-state index contributed by atoms with van der Waals surface area (Å²) in [5, 5.41) is 0. The molecule has 4 nitrogen and oxygen atoms in total. The molecule has 0 saturated carbocycles. The van der Waals surface area contributed by atoms with E-state index in [1.165, 1.54) is 4.31 Å². The van der Waals surface area contributed by atoms with Crippen molar-refractivity contribution in [1.82, 2.24) is 9.29 Å². The molecule has 0 spiro atoms. The highest BCUT2D eigenvalue weighted by atomic mass is 32.2. The minimum Gasteiger partial charge on any atom is -0.260 e. The third kappa shape index (κ3) is 4.09. The maximum absolute atomic E-state index is 12.1. The van der Waals surface area contributed by atoms with Crippen LogP contribution in [-0.4, -0.2) is 29.5 Å². The zero-order chi connectivity index (χ0) is 12.9. The van der Waals surface area contributed by atoms with E-state index in [0.29, 0.717) is 13.0 Å². The molecule has 0 aliphatic heterocycles. The van der Waals surface area contributed by atoms with E-state index in [9.17, 15) is 8.42 Å². The molecule has 0 amide bonds. The molecule has 1 aromatic heterocycles. The van der Waals surface area contributed by atoms with Crippen LogP contribution in [0.1, 0.15) is 32.9 Å². The van der Waals surface area contributed by atoms with Gasteiger partial charge in [-0.1, -0.05) is 13.0 Å². The van der Waals surface area contributed by atoms with E-state index in [4.69, 9.17) is 0 Å². The molecule has 0 saturated heterocycles. The summed E-state index contributed by atoms with van der Waals surface area (Å²) in [5.74, 6) is 0.192. The summed E-state index contributed by atoms with van der Waals surface area (Å²) < 4.78 is 25.7. The van der Waals surface area contributed by atoms with Crippen LogP contribution in [0.25, 0.3) is 0 Å². The van der Waals surface area contributed by atoms with Gasteiger partial charge in [-0.3, -0.25) is 4.98 Å². The minimum atomic E-state index is -3.18. The van der Waals surface area contributed by atoms with Crippen LogP contribution >= 0.6 is 0 Å². The van der Waals surface area contributed by atoms with E-state index in [1.807, 2.05) is 39.0 Å². The Morgan fingerprint density at radius 3 is 2.53 bits per heavy atom. The quantitative estimate of drug-likeness (QED) is 0.782. The van der Waals surface area contributed by atoms with Gasteiger partial charge in [0.25, 0.3) is 0 Å². The zero-order valence-corrected chi connectivity index (χ0v) is 11.4. The maximum Gasteiger partial charge on any atom is 0.214 e. The largest absolute Gasteiger partial charge is 0.260 e. The fraction of sp³-hybridized carbons (Fsp3) is 0.583. The molecular formula is C12H20N2O2S. The van der Waals surface area contributed by atoms with Crippen LogP contribution in [0.5, 0.6) is 0 Å². The molecule has 0 radical (unpaired) electrons. The lowest BCUT2D eigenvalue weighted by Gasteiger charge is -2.25. The zero-order valence-electron chi connectivity index (χ0n) is 10.6. The number of sulfonamides is 1. The molecular weight excluding hydrogens is 236 g/mol. The van der Waals surface area contributed by atoms with Gasteiger partial charge in [0.2, 0.25) is 10.0 Å². The van der Waals surface area contributed by atoms with Crippen molar-refractivity contribution in [3.8, 4) is 0 Å². The Morgan fingerprint density at radius 1 is 1.35 bits per heavy atom. The molecule has 1 heterocycles. The van der Waals surface area contributed by atoms with Gasteiger partial charge in [-0.25, -0.2) is 8.42 Å². The first-order valence-corrected chi connectivity index (χ1v) is 7.47. The highest BCUT2D eigenvalue weighted by Crippen LogP contribution is 2.13. The third-order valence-corrected chi connectivity index (χ3v) is 4.63. The van der Waals surface area contributed by atoms with Gasteiger partial charge in [0.05, 0.1) is 18.0 Å². The van der Waals surface area contributed by atoms with Crippen molar-refractivity contribution in [3.05, 3.63) is 30.1 Å². The van der Waals surface area contributed by atoms with Gasteiger partial charge in [-0.2, -0.15) is 4.31 Å². The molecule has 0 N–H and O–H groups in total. The second kappa shape index (κ2) is 6.12. The summed E-state index contributed by atoms with van der Waals surface area (Å²) in [6.07, 6.45) is 2.31. The Bertz CT molecular complexity index is 429. The molecule has 0 aliphatic rings. The minimum absolute atomic E-state index is 0.0476. The first kappa shape index (κ1) is 14.1. The second-order valence-corrected chi connectivity index (χ2v) is 6.32. The van der Waals surface area contributed by atoms with E-state index in [0.717, 1.165) is 5.69 Å². The number of pyridine rings is 1. The van der Waals surface area contributed by atoms with Crippen LogP contribution in [0.15, 0.2) is 24.4 Å². The topological polar surface area (TPSA) is 50.3 Å². The fourth-order valence-corrected chi connectivity index (χ4v) is 3.35. The van der Waals surface area contributed by atoms with E-state index in [1.54, 1.807) is 6.20 Å². The molecule has 0 atom stereocenters. The molecule has 0 bridgehead atoms. The summed E-state index contributed by atoms with van der Waals surface area (Å²) in [5.41, 5.74) is 0.779. The first-order valence-electron chi connectivity index (χ1n) is 5.86. The lowest BCUT2D eigenvalue weighted by Crippen LogP contribution is -2.38. The Morgan fingerprint density at radius 2 is 2.06 bits per heavy atom. The van der Waals surface area contributed by atoms with Gasteiger partial charge in [0, 0.05) is 12.2 Å². The lowest BCUT2D eigenvalue weighted by molar-refractivity contribution is 0.344. The third-order valence-electron chi connectivity index (χ3n) is 2.44. The van der Waals surface area contributed by atoms with E-state index < -0.39 is 10.0 Å². The average molecular weight is 256 g/mol. The molecule has 5 heteroatoms. The number of hydrogen-bond acceptors (Lipinski definition) is 3. The van der Waals surface area contributed by atoms with E-state index in [2.05, 4.69) is 4.98 Å². The van der Waals surface area contributed by atoms with Crippen molar-refractivity contribution in [2.45, 2.75) is 39.8 Å². The summed E-state index contributed by atoms with van der Waals surface area (Å²) >= 11 is 0. The first-order chi connectivity index (χ1) is 7.97. The second-order valence-electron chi connectivity index (χ2n) is 4.28. The highest BCUT2D eigenvalue weighted by molar-refractivity contribution is 7.89. The molecule has 0 aromatic carbocycles. The number of nitrogens with zero attached hydrogens (tertiary/aromatic N) is 2. The van der Waals surface area contributed by atoms with Gasteiger partial charge < -0.3 is 0 Å². The number of hydrogen-bond donors (Lipinski definition) is 0. The predicted molar refractivity (Wildman–Crippen MR) is 69.0 cm³/mol. The molecule has 1 rings (SSSR count). The fourth-order valence-electron chi connectivity index (χ4n) is 1.63. The van der Waals surface area contributed by atoms with Crippen LogP contribution in [0.4, 0.5) is 0 Å². The molecule has 17 heavy (non-hydrogen) atoms. The molecule has 1 aromatic rings. The van der Waals surface area contributed by atoms with Gasteiger partial charge in [0.1, 0.15) is 0 Å². The van der Waals surface area contributed by atoms with Gasteiger partial charge in [-0.05, 0) is 32.4 Å². The SMILES string of the molecule is CCCS(=O)(=O)N(Cc1ccccn1)C(C)C. The highest BCUT2D eigenvalue weighted by Gasteiger charge is 2.24. The molecule has 0 unspecified atom stereocenters. The standard InChI is InChI=1S/C12H20N2O2S/c1-4-9-17(15,16)14(11(2)3)10-12-7-5-6-8-13-12/h5-8,11H,4,9-10H2,1-3H3. The van der Waals surface area contributed by atoms with Gasteiger partial charge in [0.15, 0.2) is 0 Å². The predicted octanol–water partition coefficient (Wildman–Crippen LogP) is 2.03. The average Bonchev–Trinajstić information content (AvgIpc) is 2.26. The monoisotopic (exact) mass is 256 g/mol. The lowest BCUT2D eigenvalue weighted by atomic mass is 10.3. The van der Waals surface area contributed by atoms with Crippen molar-refractivity contribution >= 4 is 10.0 Å². The number of aromatic nitrogens is 1. The van der Waals surface area contributed by atoms with Crippen LogP contribution in [0.2, 0.25) is 0 Å². The van der Waals surface area contributed by atoms with Crippen molar-refractivity contribution < 1.29 is 8.42 Å². The van der Waals surface area contributed by atoms with Crippen LogP contribution in [0.3, 0.4) is 0 Å². The van der Waals surface area contributed by atoms with Crippen molar-refractivity contribution in [2.75, 3.05) is 5.75 Å². The normalized spacial score (nSPS) is 12.3. The van der Waals surface area contributed by atoms with Crippen molar-refractivity contribution in [2.24, 2.45) is 0 Å². The Balaban J connectivity index is 2.88. The smallest absolute Gasteiger partial charge is 0.214 e. The number of rotatable bonds is 6. The summed E-state index contributed by atoms with van der Waals surface area (Å²) in [6.45, 7) is 5.99.